The Morgan fingerprint density at radius 3 is 2.78 bits per heavy atom. The number of piperidine rings is 1. The lowest BCUT2D eigenvalue weighted by Gasteiger charge is -2.34. The minimum Gasteiger partial charge on any atom is -0.369 e. The van der Waals surface area contributed by atoms with Crippen LogP contribution in [0.25, 0.3) is 0 Å². The number of hydrogen-bond acceptors (Lipinski definition) is 4. The SMILES string of the molecule is N#Cc1c(Br)nn2c1NCC[C@H]2C1CCNCC1. The maximum Gasteiger partial charge on any atom is 0.148 e. The van der Waals surface area contributed by atoms with E-state index < -0.39 is 0 Å². The number of nitrogens with one attached hydrogen (secondary N) is 2. The van der Waals surface area contributed by atoms with E-state index in [0.29, 0.717) is 22.1 Å². The van der Waals surface area contributed by atoms with Crippen LogP contribution in [0, 0.1) is 17.2 Å². The van der Waals surface area contributed by atoms with Gasteiger partial charge in [-0.1, -0.05) is 0 Å². The topological polar surface area (TPSA) is 65.7 Å². The predicted octanol–water partition coefficient (Wildman–Crippen LogP) is 1.87. The molecular formula is C12H16BrN5. The van der Waals surface area contributed by atoms with E-state index in [4.69, 9.17) is 0 Å². The second-order valence-corrected chi connectivity index (χ2v) is 5.69. The van der Waals surface area contributed by atoms with Crippen molar-refractivity contribution < 1.29 is 0 Å². The molecule has 0 saturated carbocycles. The normalized spacial score (nSPS) is 24.1. The van der Waals surface area contributed by atoms with Gasteiger partial charge >= 0.3 is 0 Å². The van der Waals surface area contributed by atoms with Gasteiger partial charge in [-0.15, -0.1) is 0 Å². The molecule has 0 bridgehead atoms. The number of halogens is 1. The van der Waals surface area contributed by atoms with Crippen LogP contribution in [0.4, 0.5) is 5.82 Å². The first kappa shape index (κ1) is 12.0. The fourth-order valence-electron chi connectivity index (χ4n) is 3.04. The Bertz CT molecular complexity index is 483. The van der Waals surface area contributed by atoms with Crippen molar-refractivity contribution in [2.45, 2.75) is 25.3 Å². The molecule has 1 saturated heterocycles. The van der Waals surface area contributed by atoms with Crippen LogP contribution in [-0.4, -0.2) is 29.4 Å². The van der Waals surface area contributed by atoms with Gasteiger partial charge in [0, 0.05) is 6.54 Å². The highest BCUT2D eigenvalue weighted by molar-refractivity contribution is 9.10. The Balaban J connectivity index is 1.94. The molecule has 18 heavy (non-hydrogen) atoms. The molecule has 0 aliphatic carbocycles. The van der Waals surface area contributed by atoms with Crippen LogP contribution in [0.2, 0.25) is 0 Å². The Morgan fingerprint density at radius 1 is 1.28 bits per heavy atom. The lowest BCUT2D eigenvalue weighted by Crippen LogP contribution is -2.36. The van der Waals surface area contributed by atoms with Crippen molar-refractivity contribution >= 4 is 21.7 Å². The molecule has 96 valence electrons. The van der Waals surface area contributed by atoms with Crippen LogP contribution in [-0.2, 0) is 0 Å². The van der Waals surface area contributed by atoms with Gasteiger partial charge in [0.15, 0.2) is 0 Å². The van der Waals surface area contributed by atoms with E-state index in [1.54, 1.807) is 0 Å². The molecule has 2 aliphatic rings. The number of hydrogen-bond donors (Lipinski definition) is 2. The molecule has 2 aliphatic heterocycles. The molecule has 0 aromatic carbocycles. The Morgan fingerprint density at radius 2 is 2.06 bits per heavy atom. The number of aromatic nitrogens is 2. The quantitative estimate of drug-likeness (QED) is 0.831. The molecule has 1 fully saturated rings. The molecule has 0 amide bonds. The molecular weight excluding hydrogens is 294 g/mol. The smallest absolute Gasteiger partial charge is 0.148 e. The first-order valence-corrected chi connectivity index (χ1v) is 7.23. The summed E-state index contributed by atoms with van der Waals surface area (Å²) in [5, 5.41) is 20.4. The molecule has 1 aromatic heterocycles. The van der Waals surface area contributed by atoms with E-state index >= 15 is 0 Å². The zero-order chi connectivity index (χ0) is 12.5. The number of nitriles is 1. The summed E-state index contributed by atoms with van der Waals surface area (Å²) in [4.78, 5) is 0. The molecule has 6 heteroatoms. The van der Waals surface area contributed by atoms with Crippen LogP contribution >= 0.6 is 15.9 Å². The highest BCUT2D eigenvalue weighted by Crippen LogP contribution is 2.37. The Kier molecular flexibility index (Phi) is 3.27. The van der Waals surface area contributed by atoms with Crippen LogP contribution in [0.5, 0.6) is 0 Å². The average Bonchev–Trinajstić information content (AvgIpc) is 2.74. The van der Waals surface area contributed by atoms with Crippen molar-refractivity contribution in [2.24, 2.45) is 5.92 Å². The van der Waals surface area contributed by atoms with Crippen molar-refractivity contribution in [3.05, 3.63) is 10.2 Å². The zero-order valence-corrected chi connectivity index (χ0v) is 11.7. The monoisotopic (exact) mass is 309 g/mol. The number of nitrogens with zero attached hydrogens (tertiary/aromatic N) is 3. The summed E-state index contributed by atoms with van der Waals surface area (Å²) in [5.74, 6) is 1.56. The summed E-state index contributed by atoms with van der Waals surface area (Å²) in [6.45, 7) is 3.12. The summed E-state index contributed by atoms with van der Waals surface area (Å²) in [6.07, 6.45) is 3.49. The third-order valence-electron chi connectivity index (χ3n) is 3.95. The highest BCUT2D eigenvalue weighted by atomic mass is 79.9. The molecule has 0 spiro atoms. The largest absolute Gasteiger partial charge is 0.369 e. The van der Waals surface area contributed by atoms with Crippen molar-refractivity contribution in [2.75, 3.05) is 25.0 Å². The van der Waals surface area contributed by atoms with Crippen LogP contribution < -0.4 is 10.6 Å². The van der Waals surface area contributed by atoms with Gasteiger partial charge in [0.2, 0.25) is 0 Å². The first-order chi connectivity index (χ1) is 8.81. The van der Waals surface area contributed by atoms with Crippen molar-refractivity contribution in [3.8, 4) is 6.07 Å². The standard InChI is InChI=1S/C12H16BrN5/c13-11-9(7-14)12-16-6-3-10(18(12)17-11)8-1-4-15-5-2-8/h8,10,15-16H,1-6H2/t10-/m0/s1. The second-order valence-electron chi connectivity index (χ2n) is 4.94. The van der Waals surface area contributed by atoms with E-state index in [1.165, 1.54) is 12.8 Å². The highest BCUT2D eigenvalue weighted by Gasteiger charge is 2.32. The molecule has 0 unspecified atom stereocenters. The summed E-state index contributed by atoms with van der Waals surface area (Å²) in [7, 11) is 0. The van der Waals surface area contributed by atoms with Gasteiger partial charge in [-0.3, -0.25) is 0 Å². The van der Waals surface area contributed by atoms with Crippen molar-refractivity contribution in [3.63, 3.8) is 0 Å². The number of anilines is 1. The van der Waals surface area contributed by atoms with E-state index in [-0.39, 0.29) is 0 Å². The summed E-state index contributed by atoms with van der Waals surface area (Å²) < 4.78 is 2.69. The number of rotatable bonds is 1. The van der Waals surface area contributed by atoms with Gasteiger partial charge < -0.3 is 10.6 Å². The first-order valence-electron chi connectivity index (χ1n) is 6.44. The van der Waals surface area contributed by atoms with Gasteiger partial charge in [-0.25, -0.2) is 4.68 Å². The Hall–Kier alpha value is -1.06. The van der Waals surface area contributed by atoms with Crippen LogP contribution in [0.1, 0.15) is 30.9 Å². The van der Waals surface area contributed by atoms with Gasteiger partial charge in [0.1, 0.15) is 22.1 Å². The van der Waals surface area contributed by atoms with Gasteiger partial charge in [0.25, 0.3) is 0 Å². The Labute approximate surface area is 115 Å². The van der Waals surface area contributed by atoms with Crippen LogP contribution in [0.15, 0.2) is 4.60 Å². The maximum absolute atomic E-state index is 9.18. The van der Waals surface area contributed by atoms with E-state index in [0.717, 1.165) is 31.9 Å². The molecule has 1 aromatic rings. The minimum absolute atomic E-state index is 0.432. The summed E-state index contributed by atoms with van der Waals surface area (Å²) >= 11 is 3.38. The molecule has 5 nitrogen and oxygen atoms in total. The average molecular weight is 310 g/mol. The maximum atomic E-state index is 9.18. The lowest BCUT2D eigenvalue weighted by atomic mass is 9.87. The van der Waals surface area contributed by atoms with Gasteiger partial charge in [-0.2, -0.15) is 10.4 Å². The minimum atomic E-state index is 0.432. The van der Waals surface area contributed by atoms with Gasteiger partial charge in [-0.05, 0) is 54.2 Å². The second kappa shape index (κ2) is 4.90. The molecule has 0 radical (unpaired) electrons. The third-order valence-corrected chi connectivity index (χ3v) is 4.51. The van der Waals surface area contributed by atoms with E-state index in [2.05, 4.69) is 37.7 Å². The molecule has 2 N–H and O–H groups in total. The molecule has 1 atom stereocenters. The third kappa shape index (κ3) is 1.91. The van der Waals surface area contributed by atoms with Crippen molar-refractivity contribution in [1.82, 2.24) is 15.1 Å². The van der Waals surface area contributed by atoms with E-state index in [9.17, 15) is 5.26 Å². The van der Waals surface area contributed by atoms with Crippen molar-refractivity contribution in [1.29, 1.82) is 5.26 Å². The molecule has 3 heterocycles. The predicted molar refractivity (Wildman–Crippen MR) is 72.4 cm³/mol. The molecule has 3 rings (SSSR count). The van der Waals surface area contributed by atoms with Gasteiger partial charge in [0.05, 0.1) is 6.04 Å². The zero-order valence-electron chi connectivity index (χ0n) is 10.1. The summed E-state index contributed by atoms with van der Waals surface area (Å²) in [6, 6.07) is 2.65. The fraction of sp³-hybridized carbons (Fsp3) is 0.667. The summed E-state index contributed by atoms with van der Waals surface area (Å²) in [5.41, 5.74) is 0.633. The van der Waals surface area contributed by atoms with Crippen LogP contribution in [0.3, 0.4) is 0 Å². The number of fused-ring (bicyclic) bond motifs is 1. The lowest BCUT2D eigenvalue weighted by molar-refractivity contribution is 0.231. The fourth-order valence-corrected chi connectivity index (χ4v) is 3.49. The van der Waals surface area contributed by atoms with E-state index in [1.807, 2.05) is 4.68 Å².